The Morgan fingerprint density at radius 3 is 2.32 bits per heavy atom. The molecule has 2 aromatic carbocycles. The van der Waals surface area contributed by atoms with Gasteiger partial charge in [0, 0.05) is 49.3 Å². The molecule has 1 atom stereocenters. The highest BCUT2D eigenvalue weighted by molar-refractivity contribution is 5.94. The summed E-state index contributed by atoms with van der Waals surface area (Å²) in [5.41, 5.74) is 3.20. The smallest absolute Gasteiger partial charge is 0.150 e. The van der Waals surface area contributed by atoms with Crippen molar-refractivity contribution in [3.05, 3.63) is 66.9 Å². The van der Waals surface area contributed by atoms with Crippen LogP contribution in [0.4, 0.5) is 5.82 Å². The van der Waals surface area contributed by atoms with Gasteiger partial charge in [0.2, 0.25) is 0 Å². The second-order valence-corrected chi connectivity index (χ2v) is 11.3. The summed E-state index contributed by atoms with van der Waals surface area (Å²) in [4.78, 5) is 10.2. The van der Waals surface area contributed by atoms with Crippen molar-refractivity contribution < 1.29 is 9.47 Å². The predicted molar refractivity (Wildman–Crippen MR) is 152 cm³/mol. The molecule has 198 valence electrons. The van der Waals surface area contributed by atoms with E-state index >= 15 is 0 Å². The van der Waals surface area contributed by atoms with E-state index in [1.807, 2.05) is 53.3 Å². The van der Waals surface area contributed by atoms with Crippen molar-refractivity contribution in [2.45, 2.75) is 51.8 Å². The van der Waals surface area contributed by atoms with Gasteiger partial charge in [0.05, 0.1) is 17.4 Å². The van der Waals surface area contributed by atoms with Gasteiger partial charge in [0.1, 0.15) is 17.3 Å². The lowest BCUT2D eigenvalue weighted by Gasteiger charge is -2.42. The maximum atomic E-state index is 6.13. The van der Waals surface area contributed by atoms with E-state index in [1.54, 1.807) is 0 Å². The molecule has 2 aliphatic heterocycles. The zero-order valence-corrected chi connectivity index (χ0v) is 22.6. The van der Waals surface area contributed by atoms with E-state index in [0.29, 0.717) is 0 Å². The molecule has 2 aromatic heterocycles. The van der Waals surface area contributed by atoms with Gasteiger partial charge in [0.25, 0.3) is 0 Å². The van der Waals surface area contributed by atoms with Gasteiger partial charge in [-0.2, -0.15) is 5.10 Å². The number of hydrogen-bond acceptors (Lipinski definition) is 6. The topological polar surface area (TPSA) is 55.7 Å². The molecule has 7 nitrogen and oxygen atoms in total. The van der Waals surface area contributed by atoms with Crippen LogP contribution in [0.25, 0.3) is 22.2 Å². The van der Waals surface area contributed by atoms with E-state index in [2.05, 4.69) is 48.8 Å². The molecule has 2 saturated heterocycles. The van der Waals surface area contributed by atoms with Crippen molar-refractivity contribution in [1.29, 1.82) is 0 Å². The summed E-state index contributed by atoms with van der Waals surface area (Å²) in [5.74, 6) is 2.63. The van der Waals surface area contributed by atoms with Gasteiger partial charge >= 0.3 is 0 Å². The highest BCUT2D eigenvalue weighted by Gasteiger charge is 2.28. The Bertz CT molecular complexity index is 1360. The SMILES string of the molecule is CC(C)(C)N1CCN(c2cc3cnn(C4CCCCO4)c3c(-c3ccc(Oc4ccccc4)cc3)n2)CC1. The number of piperazine rings is 1. The Morgan fingerprint density at radius 1 is 0.895 bits per heavy atom. The molecule has 2 fully saturated rings. The number of aromatic nitrogens is 3. The van der Waals surface area contributed by atoms with Crippen molar-refractivity contribution in [2.24, 2.45) is 0 Å². The van der Waals surface area contributed by atoms with Crippen LogP contribution in [0.3, 0.4) is 0 Å². The van der Waals surface area contributed by atoms with E-state index in [4.69, 9.17) is 19.6 Å². The summed E-state index contributed by atoms with van der Waals surface area (Å²) in [6, 6.07) is 20.3. The summed E-state index contributed by atoms with van der Waals surface area (Å²) in [6.45, 7) is 11.6. The lowest BCUT2D eigenvalue weighted by molar-refractivity contribution is -0.0366. The molecular formula is C31H37N5O2. The van der Waals surface area contributed by atoms with Crippen LogP contribution in [-0.4, -0.2) is 58.0 Å². The fraction of sp³-hybridized carbons (Fsp3) is 0.419. The third-order valence-electron chi connectivity index (χ3n) is 7.65. The number of para-hydroxylation sites is 1. The number of hydrogen-bond donors (Lipinski definition) is 0. The number of rotatable bonds is 5. The highest BCUT2D eigenvalue weighted by atomic mass is 16.5. The Hall–Kier alpha value is -3.42. The van der Waals surface area contributed by atoms with Crippen LogP contribution in [0.1, 0.15) is 46.3 Å². The summed E-state index contributed by atoms with van der Waals surface area (Å²) >= 11 is 0. The monoisotopic (exact) mass is 511 g/mol. The van der Waals surface area contributed by atoms with Crippen LogP contribution >= 0.6 is 0 Å². The van der Waals surface area contributed by atoms with Gasteiger partial charge in [0.15, 0.2) is 6.23 Å². The summed E-state index contributed by atoms with van der Waals surface area (Å²) in [7, 11) is 0. The molecule has 1 unspecified atom stereocenters. The van der Waals surface area contributed by atoms with Crippen molar-refractivity contribution >= 4 is 16.7 Å². The van der Waals surface area contributed by atoms with E-state index < -0.39 is 0 Å². The molecule has 4 aromatic rings. The van der Waals surface area contributed by atoms with Gasteiger partial charge < -0.3 is 14.4 Å². The second kappa shape index (κ2) is 10.4. The molecule has 2 aliphatic rings. The highest BCUT2D eigenvalue weighted by Crippen LogP contribution is 2.35. The third kappa shape index (κ3) is 5.13. The van der Waals surface area contributed by atoms with Crippen LogP contribution in [0.2, 0.25) is 0 Å². The molecule has 0 radical (unpaired) electrons. The fourth-order valence-electron chi connectivity index (χ4n) is 5.48. The van der Waals surface area contributed by atoms with Gasteiger partial charge in [-0.15, -0.1) is 0 Å². The number of fused-ring (bicyclic) bond motifs is 1. The van der Waals surface area contributed by atoms with Crippen molar-refractivity contribution in [3.8, 4) is 22.8 Å². The number of nitrogens with zero attached hydrogens (tertiary/aromatic N) is 5. The molecule has 0 aliphatic carbocycles. The number of pyridine rings is 1. The minimum Gasteiger partial charge on any atom is -0.457 e. The first-order chi connectivity index (χ1) is 18.5. The van der Waals surface area contributed by atoms with E-state index in [-0.39, 0.29) is 11.8 Å². The van der Waals surface area contributed by atoms with Crippen LogP contribution in [-0.2, 0) is 4.74 Å². The zero-order valence-electron chi connectivity index (χ0n) is 22.6. The molecule has 4 heterocycles. The van der Waals surface area contributed by atoms with Crippen molar-refractivity contribution in [3.63, 3.8) is 0 Å². The maximum absolute atomic E-state index is 6.13. The van der Waals surface area contributed by atoms with Crippen molar-refractivity contribution in [2.75, 3.05) is 37.7 Å². The molecule has 6 rings (SSSR count). The van der Waals surface area contributed by atoms with Crippen LogP contribution in [0, 0.1) is 0 Å². The molecule has 0 amide bonds. The Balaban J connectivity index is 1.36. The van der Waals surface area contributed by atoms with Gasteiger partial charge in [-0.1, -0.05) is 18.2 Å². The second-order valence-electron chi connectivity index (χ2n) is 11.3. The maximum Gasteiger partial charge on any atom is 0.150 e. The first kappa shape index (κ1) is 24.9. The quantitative estimate of drug-likeness (QED) is 0.304. The summed E-state index contributed by atoms with van der Waals surface area (Å²) < 4.78 is 14.2. The first-order valence-corrected chi connectivity index (χ1v) is 13.8. The van der Waals surface area contributed by atoms with E-state index in [9.17, 15) is 0 Å². The lowest BCUT2D eigenvalue weighted by Crippen LogP contribution is -2.53. The molecule has 0 bridgehead atoms. The molecule has 0 saturated carbocycles. The lowest BCUT2D eigenvalue weighted by atomic mass is 10.0. The average Bonchev–Trinajstić information content (AvgIpc) is 3.38. The average molecular weight is 512 g/mol. The molecule has 0 spiro atoms. The summed E-state index contributed by atoms with van der Waals surface area (Å²) in [6.07, 6.45) is 5.14. The number of anilines is 1. The van der Waals surface area contributed by atoms with E-state index in [1.165, 1.54) is 0 Å². The van der Waals surface area contributed by atoms with Gasteiger partial charge in [-0.05, 0) is 82.5 Å². The molecular weight excluding hydrogens is 474 g/mol. The normalized spacial score (nSPS) is 19.1. The Labute approximate surface area is 225 Å². The van der Waals surface area contributed by atoms with Crippen LogP contribution in [0.15, 0.2) is 66.9 Å². The van der Waals surface area contributed by atoms with Gasteiger partial charge in [-0.25, -0.2) is 9.67 Å². The van der Waals surface area contributed by atoms with Gasteiger partial charge in [-0.3, -0.25) is 4.90 Å². The third-order valence-corrected chi connectivity index (χ3v) is 7.65. The Kier molecular flexibility index (Phi) is 6.80. The van der Waals surface area contributed by atoms with Crippen LogP contribution in [0.5, 0.6) is 11.5 Å². The predicted octanol–water partition coefficient (Wildman–Crippen LogP) is 6.51. The van der Waals surface area contributed by atoms with Crippen LogP contribution < -0.4 is 9.64 Å². The molecule has 0 N–H and O–H groups in total. The fourth-order valence-corrected chi connectivity index (χ4v) is 5.48. The molecule has 7 heteroatoms. The molecule has 38 heavy (non-hydrogen) atoms. The summed E-state index contributed by atoms with van der Waals surface area (Å²) in [5, 5.41) is 5.91. The van der Waals surface area contributed by atoms with Crippen molar-refractivity contribution in [1.82, 2.24) is 19.7 Å². The largest absolute Gasteiger partial charge is 0.457 e. The zero-order chi connectivity index (χ0) is 26.1. The number of benzene rings is 2. The first-order valence-electron chi connectivity index (χ1n) is 13.8. The minimum absolute atomic E-state index is 0.0522. The minimum atomic E-state index is -0.0522. The van der Waals surface area contributed by atoms with E-state index in [0.717, 1.165) is 91.5 Å². The Morgan fingerprint density at radius 2 is 1.63 bits per heavy atom. The standard InChI is InChI=1S/C31H37N5O2/c1-31(2,3)35-18-16-34(17-19-35)27-21-24-22-32-36(28-11-7-8-20-37-28)30(24)29(33-27)23-12-14-26(15-13-23)38-25-9-5-4-6-10-25/h4-6,9-10,12-15,21-22,28H,7-8,11,16-20H2,1-3H3. The number of ether oxygens (including phenoxy) is 2.